The monoisotopic (exact) mass is 608 g/mol. The first kappa shape index (κ1) is 28.6. The van der Waals surface area contributed by atoms with Gasteiger partial charge in [0.15, 0.2) is 0 Å². The maximum absolute atomic E-state index is 14.5. The number of methoxy groups -OCH3 is 1. The molecule has 1 aromatic carbocycles. The Morgan fingerprint density at radius 2 is 2.05 bits per heavy atom. The number of aromatic nitrogens is 5. The summed E-state index contributed by atoms with van der Waals surface area (Å²) in [6.07, 6.45) is 1.79. The third-order valence-corrected chi connectivity index (χ3v) is 8.06. The molecule has 0 N–H and O–H groups in total. The van der Waals surface area contributed by atoms with E-state index in [1.54, 1.807) is 24.3 Å². The normalized spacial score (nSPS) is 13.1. The van der Waals surface area contributed by atoms with Crippen LogP contribution in [0, 0.1) is 5.82 Å². The van der Waals surface area contributed by atoms with E-state index < -0.39 is 18.8 Å². The predicted octanol–water partition coefficient (Wildman–Crippen LogP) is 5.65. The molecule has 9 nitrogen and oxygen atoms in total. The molecule has 6 rings (SSSR count). The lowest BCUT2D eigenvalue weighted by atomic mass is 9.97. The highest BCUT2D eigenvalue weighted by molar-refractivity contribution is 7.18. The number of hydrogen-bond donors (Lipinski definition) is 0. The van der Waals surface area contributed by atoms with Crippen LogP contribution < -0.4 is 4.74 Å². The SMILES string of the molecule is C=CC(=O)N1CCn2nc(-c3nc(-c4cnn(CC(F)F)c4)c4ccsc4c3-c3ccc(F)cc3OCCOC)cc2C1. The number of nitrogens with zero attached hydrogens (tertiary/aromatic N) is 6. The molecule has 1 amide bonds. The van der Waals surface area contributed by atoms with Gasteiger partial charge in [-0.1, -0.05) is 6.58 Å². The van der Waals surface area contributed by atoms with E-state index in [1.807, 2.05) is 22.2 Å². The molecule has 4 aromatic heterocycles. The number of carbonyl (C=O) groups excluding carboxylic acids is 1. The summed E-state index contributed by atoms with van der Waals surface area (Å²) >= 11 is 1.47. The van der Waals surface area contributed by atoms with E-state index in [4.69, 9.17) is 19.6 Å². The quantitative estimate of drug-likeness (QED) is 0.151. The number of benzene rings is 1. The molecule has 0 atom stereocenters. The minimum absolute atomic E-state index is 0.167. The van der Waals surface area contributed by atoms with Crippen LogP contribution in [0.4, 0.5) is 13.2 Å². The molecule has 0 saturated carbocycles. The Morgan fingerprint density at radius 3 is 2.84 bits per heavy atom. The van der Waals surface area contributed by atoms with Gasteiger partial charge in [-0.3, -0.25) is 14.2 Å². The number of rotatable bonds is 10. The van der Waals surface area contributed by atoms with E-state index in [9.17, 15) is 18.0 Å². The van der Waals surface area contributed by atoms with Gasteiger partial charge in [0, 0.05) is 52.7 Å². The summed E-state index contributed by atoms with van der Waals surface area (Å²) in [6, 6.07) is 8.13. The van der Waals surface area contributed by atoms with Gasteiger partial charge in [0.25, 0.3) is 6.43 Å². The summed E-state index contributed by atoms with van der Waals surface area (Å²) in [4.78, 5) is 19.1. The number of halogens is 3. The van der Waals surface area contributed by atoms with E-state index in [2.05, 4.69) is 11.7 Å². The lowest BCUT2D eigenvalue weighted by Gasteiger charge is -2.26. The summed E-state index contributed by atoms with van der Waals surface area (Å²) in [5.41, 5.74) is 4.28. The van der Waals surface area contributed by atoms with Crippen molar-refractivity contribution in [1.82, 2.24) is 29.4 Å². The van der Waals surface area contributed by atoms with Gasteiger partial charge < -0.3 is 14.4 Å². The fraction of sp³-hybridized carbons (Fsp3) is 0.267. The van der Waals surface area contributed by atoms with Crippen LogP contribution in [0.25, 0.3) is 43.9 Å². The number of fused-ring (bicyclic) bond motifs is 2. The highest BCUT2D eigenvalue weighted by atomic mass is 32.1. The molecule has 0 saturated heterocycles. The summed E-state index contributed by atoms with van der Waals surface area (Å²) in [7, 11) is 1.56. The van der Waals surface area contributed by atoms with Crippen molar-refractivity contribution in [2.45, 2.75) is 26.1 Å². The zero-order chi connectivity index (χ0) is 30.1. The second-order valence-electron chi connectivity index (χ2n) is 9.88. The number of amides is 1. The van der Waals surface area contributed by atoms with Crippen molar-refractivity contribution in [1.29, 1.82) is 0 Å². The number of ether oxygens (including phenoxy) is 2. The third-order valence-electron chi connectivity index (χ3n) is 7.12. The van der Waals surface area contributed by atoms with E-state index in [-0.39, 0.29) is 12.5 Å². The zero-order valence-corrected chi connectivity index (χ0v) is 24.0. The van der Waals surface area contributed by atoms with Crippen molar-refractivity contribution < 1.29 is 27.4 Å². The van der Waals surface area contributed by atoms with Gasteiger partial charge in [-0.15, -0.1) is 11.3 Å². The Kier molecular flexibility index (Phi) is 8.00. The van der Waals surface area contributed by atoms with Gasteiger partial charge >= 0.3 is 0 Å². The van der Waals surface area contributed by atoms with Gasteiger partial charge in [-0.05, 0) is 35.7 Å². The highest BCUT2D eigenvalue weighted by Gasteiger charge is 2.27. The molecule has 222 valence electrons. The van der Waals surface area contributed by atoms with Crippen molar-refractivity contribution in [3.63, 3.8) is 0 Å². The van der Waals surface area contributed by atoms with Crippen LogP contribution in [0.15, 0.2) is 60.8 Å². The maximum Gasteiger partial charge on any atom is 0.257 e. The molecule has 5 heterocycles. The van der Waals surface area contributed by atoms with Crippen molar-refractivity contribution in [2.75, 3.05) is 26.9 Å². The van der Waals surface area contributed by atoms with Crippen LogP contribution in [0.5, 0.6) is 5.75 Å². The fourth-order valence-electron chi connectivity index (χ4n) is 5.16. The van der Waals surface area contributed by atoms with Crippen LogP contribution in [-0.4, -0.2) is 68.6 Å². The lowest BCUT2D eigenvalue weighted by molar-refractivity contribution is -0.127. The standard InChI is InChI=1S/C30H27F3N6O3S/c1-3-26(40)37-7-8-39-20(16-37)13-23(36-39)29-27(21-5-4-19(31)12-24(21)42-10-9-41-2)30-22(6-11-43-30)28(35-29)18-14-34-38(15-18)17-25(32)33/h3-6,11-15,25H,1,7-10,16-17H2,2H3. The van der Waals surface area contributed by atoms with Crippen molar-refractivity contribution in [2.24, 2.45) is 0 Å². The third kappa shape index (κ3) is 5.65. The minimum atomic E-state index is -2.56. The first-order valence-corrected chi connectivity index (χ1v) is 14.4. The summed E-state index contributed by atoms with van der Waals surface area (Å²) in [6.45, 7) is 4.89. The molecule has 0 spiro atoms. The molecule has 0 radical (unpaired) electrons. The summed E-state index contributed by atoms with van der Waals surface area (Å²) < 4.78 is 55.6. The topological polar surface area (TPSA) is 87.3 Å². The first-order chi connectivity index (χ1) is 20.9. The average Bonchev–Trinajstić information content (AvgIpc) is 3.76. The lowest BCUT2D eigenvalue weighted by Crippen LogP contribution is -2.37. The molecule has 1 aliphatic heterocycles. The van der Waals surface area contributed by atoms with Crippen molar-refractivity contribution in [3.05, 3.63) is 72.3 Å². The number of thiophene rings is 1. The molecule has 43 heavy (non-hydrogen) atoms. The van der Waals surface area contributed by atoms with Crippen LogP contribution >= 0.6 is 11.3 Å². The van der Waals surface area contributed by atoms with Gasteiger partial charge in [0.05, 0.1) is 37.3 Å². The Morgan fingerprint density at radius 1 is 1.19 bits per heavy atom. The van der Waals surface area contributed by atoms with Crippen molar-refractivity contribution >= 4 is 27.3 Å². The molecular weight excluding hydrogens is 581 g/mol. The second-order valence-corrected chi connectivity index (χ2v) is 10.8. The Labute approximate surface area is 248 Å². The molecule has 5 aromatic rings. The van der Waals surface area contributed by atoms with Gasteiger partial charge in [-0.2, -0.15) is 10.2 Å². The van der Waals surface area contributed by atoms with Gasteiger partial charge in [-0.25, -0.2) is 18.2 Å². The van der Waals surface area contributed by atoms with E-state index in [1.165, 1.54) is 40.4 Å². The number of carbonyl (C=O) groups is 1. The Balaban J connectivity index is 1.56. The fourth-order valence-corrected chi connectivity index (χ4v) is 6.12. The van der Waals surface area contributed by atoms with E-state index in [0.717, 1.165) is 15.8 Å². The Bertz CT molecular complexity index is 1810. The molecule has 0 fully saturated rings. The smallest absolute Gasteiger partial charge is 0.257 e. The highest BCUT2D eigenvalue weighted by Crippen LogP contribution is 2.46. The number of pyridine rings is 1. The van der Waals surface area contributed by atoms with Crippen LogP contribution in [0.2, 0.25) is 0 Å². The minimum Gasteiger partial charge on any atom is -0.490 e. The summed E-state index contributed by atoms with van der Waals surface area (Å²) in [5.74, 6) is -0.306. The first-order valence-electron chi connectivity index (χ1n) is 13.5. The van der Waals surface area contributed by atoms with Crippen LogP contribution in [-0.2, 0) is 29.2 Å². The van der Waals surface area contributed by atoms with Gasteiger partial charge in [0.2, 0.25) is 5.91 Å². The molecule has 1 aliphatic rings. The van der Waals surface area contributed by atoms with E-state index in [0.29, 0.717) is 65.8 Å². The molecule has 0 unspecified atom stereocenters. The molecule has 13 heteroatoms. The van der Waals surface area contributed by atoms with Crippen LogP contribution in [0.3, 0.4) is 0 Å². The number of hydrogen-bond acceptors (Lipinski definition) is 7. The Hall–Kier alpha value is -4.49. The predicted molar refractivity (Wildman–Crippen MR) is 156 cm³/mol. The maximum atomic E-state index is 14.5. The average molecular weight is 609 g/mol. The van der Waals surface area contributed by atoms with Crippen LogP contribution in [0.1, 0.15) is 5.69 Å². The second kappa shape index (κ2) is 12.0. The molecule has 0 bridgehead atoms. The van der Waals surface area contributed by atoms with E-state index >= 15 is 0 Å². The number of alkyl halides is 2. The van der Waals surface area contributed by atoms with Crippen molar-refractivity contribution in [3.8, 4) is 39.5 Å². The zero-order valence-electron chi connectivity index (χ0n) is 23.2. The van der Waals surface area contributed by atoms with Gasteiger partial charge in [0.1, 0.15) is 36.1 Å². The summed E-state index contributed by atoms with van der Waals surface area (Å²) in [5, 5.41) is 11.7. The molecule has 0 aliphatic carbocycles. The largest absolute Gasteiger partial charge is 0.490 e. The molecular formula is C30H27F3N6O3S.